The van der Waals surface area contributed by atoms with Crippen molar-refractivity contribution in [3.63, 3.8) is 0 Å². The van der Waals surface area contributed by atoms with Crippen molar-refractivity contribution < 1.29 is 18.4 Å². The van der Waals surface area contributed by atoms with E-state index in [1.54, 1.807) is 6.07 Å². The normalized spacial score (nSPS) is 11.1. The van der Waals surface area contributed by atoms with Gasteiger partial charge in [-0.1, -0.05) is 12.1 Å². The molecule has 1 heterocycles. The highest BCUT2D eigenvalue weighted by molar-refractivity contribution is 5.94. The van der Waals surface area contributed by atoms with Gasteiger partial charge in [-0.2, -0.15) is 0 Å². The molecule has 0 saturated heterocycles. The van der Waals surface area contributed by atoms with Crippen LogP contribution in [0.4, 0.5) is 4.39 Å². The summed E-state index contributed by atoms with van der Waals surface area (Å²) in [6.45, 7) is 2.15. The zero-order chi connectivity index (χ0) is 21.4. The van der Waals surface area contributed by atoms with Crippen molar-refractivity contribution >= 4 is 11.8 Å². The van der Waals surface area contributed by atoms with Gasteiger partial charge in [0.15, 0.2) is 5.69 Å². The summed E-state index contributed by atoms with van der Waals surface area (Å²) in [6, 6.07) is 5.84. The molecule has 0 radical (unpaired) electrons. The summed E-state index contributed by atoms with van der Waals surface area (Å²) in [5, 5.41) is 2.75. The van der Waals surface area contributed by atoms with Crippen molar-refractivity contribution in [1.82, 2.24) is 25.0 Å². The molecule has 1 N–H and O–H groups in total. The Bertz CT molecular complexity index is 822. The quantitative estimate of drug-likeness (QED) is 0.642. The molecular formula is C20H28FN5O3. The molecule has 9 heteroatoms. The third-order valence-electron chi connectivity index (χ3n) is 4.16. The fraction of sp³-hybridized carbons (Fsp3) is 0.450. The van der Waals surface area contributed by atoms with Gasteiger partial charge in [0.25, 0.3) is 11.8 Å². The first kappa shape index (κ1) is 22.5. The maximum atomic E-state index is 14.1. The number of halogens is 1. The number of aromatic nitrogens is 1. The molecule has 1 aromatic carbocycles. The highest BCUT2D eigenvalue weighted by atomic mass is 19.1. The minimum absolute atomic E-state index is 0.0144. The van der Waals surface area contributed by atoms with E-state index < -0.39 is 11.7 Å². The van der Waals surface area contributed by atoms with Gasteiger partial charge in [-0.05, 0) is 40.3 Å². The average molecular weight is 405 g/mol. The lowest BCUT2D eigenvalue weighted by atomic mass is 10.2. The van der Waals surface area contributed by atoms with Crippen LogP contribution in [-0.2, 0) is 6.54 Å². The van der Waals surface area contributed by atoms with E-state index in [-0.39, 0.29) is 29.6 Å². The van der Waals surface area contributed by atoms with E-state index in [0.29, 0.717) is 26.2 Å². The van der Waals surface area contributed by atoms with E-state index in [4.69, 9.17) is 4.42 Å². The monoisotopic (exact) mass is 405 g/mol. The topological polar surface area (TPSA) is 81.9 Å². The van der Waals surface area contributed by atoms with Crippen LogP contribution < -0.4 is 5.32 Å². The lowest BCUT2D eigenvalue weighted by molar-refractivity contribution is 0.0711. The lowest BCUT2D eigenvalue weighted by Gasteiger charge is -2.23. The molecule has 0 fully saturated rings. The van der Waals surface area contributed by atoms with E-state index in [1.807, 2.05) is 38.0 Å². The van der Waals surface area contributed by atoms with Crippen LogP contribution in [0, 0.1) is 5.82 Å². The maximum absolute atomic E-state index is 14.1. The number of hydrogen-bond acceptors (Lipinski definition) is 6. The van der Waals surface area contributed by atoms with Crippen LogP contribution in [0.1, 0.15) is 26.7 Å². The molecule has 0 aliphatic heterocycles. The second-order valence-corrected chi connectivity index (χ2v) is 7.20. The number of benzene rings is 1. The molecule has 0 unspecified atom stereocenters. The van der Waals surface area contributed by atoms with Gasteiger partial charge in [0.1, 0.15) is 12.1 Å². The van der Waals surface area contributed by atoms with Crippen molar-refractivity contribution in [2.24, 2.45) is 0 Å². The molecule has 0 bridgehead atoms. The van der Waals surface area contributed by atoms with Crippen molar-refractivity contribution in [3.05, 3.63) is 53.5 Å². The average Bonchev–Trinajstić information content (AvgIpc) is 3.13. The molecule has 2 amide bonds. The fourth-order valence-electron chi connectivity index (χ4n) is 2.51. The second-order valence-electron chi connectivity index (χ2n) is 7.20. The second kappa shape index (κ2) is 10.7. The Kier molecular flexibility index (Phi) is 8.29. The van der Waals surface area contributed by atoms with E-state index in [9.17, 15) is 14.0 Å². The van der Waals surface area contributed by atoms with Crippen LogP contribution in [0.25, 0.3) is 0 Å². The summed E-state index contributed by atoms with van der Waals surface area (Å²) in [4.78, 5) is 34.5. The summed E-state index contributed by atoms with van der Waals surface area (Å²) in [6.07, 6.45) is 1.26. The van der Waals surface area contributed by atoms with Crippen LogP contribution >= 0.6 is 0 Å². The fourth-order valence-corrected chi connectivity index (χ4v) is 2.51. The molecule has 0 spiro atoms. The van der Waals surface area contributed by atoms with Crippen LogP contribution in [-0.4, -0.2) is 85.9 Å². The Labute approximate surface area is 170 Å². The number of rotatable bonds is 10. The Hall–Kier alpha value is -2.78. The van der Waals surface area contributed by atoms with Crippen molar-refractivity contribution in [3.8, 4) is 0 Å². The summed E-state index contributed by atoms with van der Waals surface area (Å²) >= 11 is 0. The lowest BCUT2D eigenvalue weighted by Crippen LogP contribution is -2.36. The Morgan fingerprint density at radius 2 is 1.76 bits per heavy atom. The first-order valence-corrected chi connectivity index (χ1v) is 9.33. The van der Waals surface area contributed by atoms with E-state index in [1.165, 1.54) is 29.4 Å². The van der Waals surface area contributed by atoms with Gasteiger partial charge in [-0.3, -0.25) is 9.59 Å². The number of carbonyl (C=O) groups excluding carboxylic acids is 2. The van der Waals surface area contributed by atoms with Crippen LogP contribution in [0.2, 0.25) is 0 Å². The number of amides is 2. The summed E-state index contributed by atoms with van der Waals surface area (Å²) in [5.74, 6) is -1.17. The molecule has 0 saturated carbocycles. The standard InChI is InChI=1S/C20H28FN5O3/c1-24(2)10-9-22-19(27)17-14-29-18(23-17)13-26(12-11-25(3)4)20(28)15-7-5-6-8-16(15)21/h5-8,14H,9-13H2,1-4H3,(H,22,27). The third-order valence-corrected chi connectivity index (χ3v) is 4.16. The smallest absolute Gasteiger partial charge is 0.273 e. The summed E-state index contributed by atoms with van der Waals surface area (Å²) < 4.78 is 19.5. The number of carbonyl (C=O) groups is 2. The largest absolute Gasteiger partial charge is 0.446 e. The van der Waals surface area contributed by atoms with Crippen molar-refractivity contribution in [1.29, 1.82) is 0 Å². The number of oxazole rings is 1. The maximum Gasteiger partial charge on any atom is 0.273 e. The molecule has 1 aromatic heterocycles. The first-order valence-electron chi connectivity index (χ1n) is 9.33. The minimum atomic E-state index is -0.583. The van der Waals surface area contributed by atoms with Crippen LogP contribution in [0.15, 0.2) is 34.9 Å². The first-order chi connectivity index (χ1) is 13.8. The number of hydrogen-bond donors (Lipinski definition) is 1. The predicted molar refractivity (Wildman–Crippen MR) is 107 cm³/mol. The van der Waals surface area contributed by atoms with E-state index in [2.05, 4.69) is 10.3 Å². The molecule has 0 aliphatic carbocycles. The van der Waals surface area contributed by atoms with Crippen LogP contribution in [0.5, 0.6) is 0 Å². The highest BCUT2D eigenvalue weighted by Crippen LogP contribution is 2.13. The molecule has 8 nitrogen and oxygen atoms in total. The number of nitrogens with one attached hydrogen (secondary N) is 1. The summed E-state index contributed by atoms with van der Waals surface area (Å²) in [7, 11) is 7.59. The number of likely N-dealkylation sites (N-methyl/N-ethyl adjacent to an activating group) is 2. The Morgan fingerprint density at radius 3 is 2.41 bits per heavy atom. The van der Waals surface area contributed by atoms with Crippen molar-refractivity contribution in [2.45, 2.75) is 6.54 Å². The Morgan fingerprint density at radius 1 is 1.07 bits per heavy atom. The predicted octanol–water partition coefficient (Wildman–Crippen LogP) is 1.31. The SMILES string of the molecule is CN(C)CCNC(=O)c1coc(CN(CCN(C)C)C(=O)c2ccccc2F)n1. The summed E-state index contributed by atoms with van der Waals surface area (Å²) in [5.41, 5.74) is 0.129. The minimum Gasteiger partial charge on any atom is -0.446 e. The van der Waals surface area contributed by atoms with E-state index >= 15 is 0 Å². The zero-order valence-corrected chi connectivity index (χ0v) is 17.3. The van der Waals surface area contributed by atoms with Crippen LogP contribution in [0.3, 0.4) is 0 Å². The molecular weight excluding hydrogens is 377 g/mol. The molecule has 29 heavy (non-hydrogen) atoms. The molecule has 0 atom stereocenters. The van der Waals surface area contributed by atoms with E-state index in [0.717, 1.165) is 0 Å². The Balaban J connectivity index is 2.09. The zero-order valence-electron chi connectivity index (χ0n) is 17.3. The van der Waals surface area contributed by atoms with Gasteiger partial charge < -0.3 is 24.4 Å². The molecule has 2 rings (SSSR count). The van der Waals surface area contributed by atoms with Gasteiger partial charge in [0.05, 0.1) is 12.1 Å². The molecule has 2 aromatic rings. The highest BCUT2D eigenvalue weighted by Gasteiger charge is 2.22. The van der Waals surface area contributed by atoms with Crippen molar-refractivity contribution in [2.75, 3.05) is 54.4 Å². The van der Waals surface area contributed by atoms with Gasteiger partial charge in [-0.15, -0.1) is 0 Å². The van der Waals surface area contributed by atoms with Gasteiger partial charge >= 0.3 is 0 Å². The third kappa shape index (κ3) is 6.95. The molecule has 0 aliphatic rings. The van der Waals surface area contributed by atoms with Gasteiger partial charge in [0, 0.05) is 26.2 Å². The van der Waals surface area contributed by atoms with Gasteiger partial charge in [0.2, 0.25) is 5.89 Å². The number of nitrogens with zero attached hydrogens (tertiary/aromatic N) is 4. The molecule has 158 valence electrons. The van der Waals surface area contributed by atoms with Gasteiger partial charge in [-0.25, -0.2) is 9.37 Å².